The lowest BCUT2D eigenvalue weighted by atomic mass is 9.92. The zero-order valence-corrected chi connectivity index (χ0v) is 15.5. The van der Waals surface area contributed by atoms with Gasteiger partial charge in [0.15, 0.2) is 11.6 Å². The fourth-order valence-corrected chi connectivity index (χ4v) is 3.58. The molecule has 0 spiro atoms. The SMILES string of the molecule is CN(Cc1cccs1)C(=O)CN1C(=O)N[C@@](C)(c2ccc(F)c(F)c2)C1=O. The molecular weight excluding hydrogens is 376 g/mol. The lowest BCUT2D eigenvalue weighted by molar-refractivity contribution is -0.138. The van der Waals surface area contributed by atoms with Crippen LogP contribution in [0.1, 0.15) is 17.4 Å². The molecule has 9 heteroatoms. The van der Waals surface area contributed by atoms with Gasteiger partial charge in [0.25, 0.3) is 5.91 Å². The van der Waals surface area contributed by atoms with E-state index in [0.29, 0.717) is 6.54 Å². The minimum absolute atomic E-state index is 0.0987. The quantitative estimate of drug-likeness (QED) is 0.794. The molecule has 6 nitrogen and oxygen atoms in total. The van der Waals surface area contributed by atoms with Crippen LogP contribution in [0.3, 0.4) is 0 Å². The molecule has 1 N–H and O–H groups in total. The predicted octanol–water partition coefficient (Wildman–Crippen LogP) is 2.45. The third-order valence-electron chi connectivity index (χ3n) is 4.46. The van der Waals surface area contributed by atoms with Crippen LogP contribution in [0.5, 0.6) is 0 Å². The molecule has 4 amide bonds. The highest BCUT2D eigenvalue weighted by atomic mass is 32.1. The number of imide groups is 1. The van der Waals surface area contributed by atoms with Gasteiger partial charge in [0.1, 0.15) is 12.1 Å². The number of amides is 4. The summed E-state index contributed by atoms with van der Waals surface area (Å²) >= 11 is 1.49. The number of benzene rings is 1. The van der Waals surface area contributed by atoms with Gasteiger partial charge in [0.05, 0.1) is 6.54 Å². The Balaban J connectivity index is 1.75. The Hall–Kier alpha value is -2.81. The standard InChI is InChI=1S/C18H17F2N3O3S/c1-18(11-5-6-13(19)14(20)8-11)16(25)23(17(26)21-18)10-15(24)22(2)9-12-4-3-7-27-12/h3-8H,9-10H2,1-2H3,(H,21,26)/t18-/m0/s1. The summed E-state index contributed by atoms with van der Waals surface area (Å²) in [4.78, 5) is 40.6. The minimum Gasteiger partial charge on any atom is -0.339 e. The smallest absolute Gasteiger partial charge is 0.325 e. The van der Waals surface area contributed by atoms with Gasteiger partial charge in [-0.3, -0.25) is 14.5 Å². The maximum Gasteiger partial charge on any atom is 0.325 e. The van der Waals surface area contributed by atoms with Crippen molar-refractivity contribution in [3.63, 3.8) is 0 Å². The van der Waals surface area contributed by atoms with Gasteiger partial charge in [0.2, 0.25) is 5.91 Å². The number of thiophene rings is 1. The van der Waals surface area contributed by atoms with Crippen LogP contribution in [-0.4, -0.2) is 41.2 Å². The van der Waals surface area contributed by atoms with Crippen molar-refractivity contribution < 1.29 is 23.2 Å². The number of halogens is 2. The normalized spacial score (nSPS) is 19.3. The Morgan fingerprint density at radius 3 is 2.63 bits per heavy atom. The molecule has 2 heterocycles. The second kappa shape index (κ2) is 7.07. The molecule has 1 aliphatic rings. The fraction of sp³-hybridized carbons (Fsp3) is 0.278. The van der Waals surface area contributed by atoms with Gasteiger partial charge >= 0.3 is 6.03 Å². The van der Waals surface area contributed by atoms with Crippen LogP contribution in [0.4, 0.5) is 13.6 Å². The molecular formula is C18H17F2N3O3S. The molecule has 2 aromatic rings. The van der Waals surface area contributed by atoms with Crippen LogP contribution in [0, 0.1) is 11.6 Å². The first-order valence-corrected chi connectivity index (χ1v) is 8.96. The molecule has 1 aromatic heterocycles. The van der Waals surface area contributed by atoms with Crippen molar-refractivity contribution in [1.29, 1.82) is 0 Å². The van der Waals surface area contributed by atoms with E-state index in [4.69, 9.17) is 0 Å². The second-order valence-corrected chi connectivity index (χ2v) is 7.44. The summed E-state index contributed by atoms with van der Waals surface area (Å²) < 4.78 is 26.7. The summed E-state index contributed by atoms with van der Waals surface area (Å²) in [6, 6.07) is 5.96. The van der Waals surface area contributed by atoms with E-state index < -0.39 is 41.6 Å². The molecule has 1 aliphatic heterocycles. The highest BCUT2D eigenvalue weighted by molar-refractivity contribution is 7.09. The topological polar surface area (TPSA) is 69.7 Å². The number of carbonyl (C=O) groups excluding carboxylic acids is 3. The van der Waals surface area contributed by atoms with Gasteiger partial charge in [0, 0.05) is 11.9 Å². The molecule has 1 aromatic carbocycles. The molecule has 1 atom stereocenters. The maximum atomic E-state index is 13.5. The molecule has 142 valence electrons. The van der Waals surface area contributed by atoms with E-state index in [0.717, 1.165) is 21.9 Å². The molecule has 0 bridgehead atoms. The van der Waals surface area contributed by atoms with Crippen molar-refractivity contribution in [2.24, 2.45) is 0 Å². The van der Waals surface area contributed by atoms with E-state index >= 15 is 0 Å². The number of carbonyl (C=O) groups is 3. The predicted molar refractivity (Wildman–Crippen MR) is 94.7 cm³/mol. The number of hydrogen-bond donors (Lipinski definition) is 1. The summed E-state index contributed by atoms with van der Waals surface area (Å²) in [6.45, 7) is 1.31. The van der Waals surface area contributed by atoms with Gasteiger partial charge in [-0.15, -0.1) is 11.3 Å². The molecule has 0 saturated carbocycles. The molecule has 1 saturated heterocycles. The molecule has 3 rings (SSSR count). The third kappa shape index (κ3) is 3.55. The van der Waals surface area contributed by atoms with Crippen LogP contribution in [-0.2, 0) is 21.7 Å². The highest BCUT2D eigenvalue weighted by Gasteiger charge is 2.49. The molecule has 27 heavy (non-hydrogen) atoms. The van der Waals surface area contributed by atoms with Crippen molar-refractivity contribution in [3.05, 3.63) is 57.8 Å². The largest absolute Gasteiger partial charge is 0.339 e. The molecule has 0 radical (unpaired) electrons. The zero-order chi connectivity index (χ0) is 19.8. The van der Waals surface area contributed by atoms with Crippen LogP contribution in [0.2, 0.25) is 0 Å². The summed E-state index contributed by atoms with van der Waals surface area (Å²) in [5, 5.41) is 4.35. The summed E-state index contributed by atoms with van der Waals surface area (Å²) in [5.41, 5.74) is -1.47. The molecule has 1 fully saturated rings. The average molecular weight is 393 g/mol. The van der Waals surface area contributed by atoms with E-state index in [1.165, 1.54) is 29.2 Å². The number of nitrogens with zero attached hydrogens (tertiary/aromatic N) is 2. The van der Waals surface area contributed by atoms with Gasteiger partial charge in [-0.2, -0.15) is 0 Å². The fourth-order valence-electron chi connectivity index (χ4n) is 2.82. The van der Waals surface area contributed by atoms with E-state index in [2.05, 4.69) is 5.32 Å². The number of rotatable bonds is 5. The number of hydrogen-bond acceptors (Lipinski definition) is 4. The van der Waals surface area contributed by atoms with Crippen LogP contribution < -0.4 is 5.32 Å². The van der Waals surface area contributed by atoms with Gasteiger partial charge in [-0.1, -0.05) is 12.1 Å². The average Bonchev–Trinajstić information content (AvgIpc) is 3.20. The van der Waals surface area contributed by atoms with E-state index in [9.17, 15) is 23.2 Å². The van der Waals surface area contributed by atoms with E-state index in [1.807, 2.05) is 17.5 Å². The first-order valence-electron chi connectivity index (χ1n) is 8.08. The summed E-state index contributed by atoms with van der Waals surface area (Å²) in [5.74, 6) is -3.29. The Morgan fingerprint density at radius 2 is 2.00 bits per heavy atom. The number of nitrogens with one attached hydrogen (secondary N) is 1. The van der Waals surface area contributed by atoms with E-state index in [-0.39, 0.29) is 5.56 Å². The first kappa shape index (κ1) is 19.0. The summed E-state index contributed by atoms with van der Waals surface area (Å²) in [7, 11) is 1.58. The van der Waals surface area contributed by atoms with Crippen LogP contribution in [0.15, 0.2) is 35.7 Å². The van der Waals surface area contributed by atoms with Crippen molar-refractivity contribution in [2.45, 2.75) is 19.0 Å². The van der Waals surface area contributed by atoms with Gasteiger partial charge < -0.3 is 10.2 Å². The Bertz CT molecular complexity index is 903. The van der Waals surface area contributed by atoms with Crippen molar-refractivity contribution >= 4 is 29.2 Å². The Morgan fingerprint density at radius 1 is 1.26 bits per heavy atom. The highest BCUT2D eigenvalue weighted by Crippen LogP contribution is 2.29. The van der Waals surface area contributed by atoms with Crippen LogP contribution in [0.25, 0.3) is 0 Å². The van der Waals surface area contributed by atoms with Crippen LogP contribution >= 0.6 is 11.3 Å². The number of likely N-dealkylation sites (N-methyl/N-ethyl adjacent to an activating group) is 1. The lowest BCUT2D eigenvalue weighted by Crippen LogP contribution is -2.43. The van der Waals surface area contributed by atoms with E-state index in [1.54, 1.807) is 7.05 Å². The molecule has 0 aliphatic carbocycles. The monoisotopic (exact) mass is 393 g/mol. The maximum absolute atomic E-state index is 13.5. The number of urea groups is 1. The minimum atomic E-state index is -1.57. The Labute approximate surface area is 158 Å². The third-order valence-corrected chi connectivity index (χ3v) is 5.33. The van der Waals surface area contributed by atoms with Gasteiger partial charge in [-0.05, 0) is 36.1 Å². The first-order chi connectivity index (χ1) is 12.7. The van der Waals surface area contributed by atoms with Crippen molar-refractivity contribution in [1.82, 2.24) is 15.1 Å². The van der Waals surface area contributed by atoms with Crippen molar-refractivity contribution in [3.8, 4) is 0 Å². The summed E-state index contributed by atoms with van der Waals surface area (Å²) in [6.07, 6.45) is 0. The molecule has 0 unspecified atom stereocenters. The van der Waals surface area contributed by atoms with Crippen molar-refractivity contribution in [2.75, 3.05) is 13.6 Å². The van der Waals surface area contributed by atoms with Gasteiger partial charge in [-0.25, -0.2) is 13.6 Å². The second-order valence-electron chi connectivity index (χ2n) is 6.40. The zero-order valence-electron chi connectivity index (χ0n) is 14.7. The lowest BCUT2D eigenvalue weighted by Gasteiger charge is -2.23. The Kier molecular flexibility index (Phi) is 4.97.